The molecule has 0 amide bonds. The zero-order valence-corrected chi connectivity index (χ0v) is 19.2. The van der Waals surface area contributed by atoms with Crippen molar-refractivity contribution in [3.8, 4) is 0 Å². The van der Waals surface area contributed by atoms with E-state index in [0.717, 1.165) is 48.6 Å². The van der Waals surface area contributed by atoms with E-state index >= 15 is 0 Å². The molecule has 4 heterocycles. The topological polar surface area (TPSA) is 73.9 Å². The van der Waals surface area contributed by atoms with Crippen LogP contribution < -0.4 is 10.6 Å². The molecule has 0 spiro atoms. The first-order chi connectivity index (χ1) is 16.8. The van der Waals surface area contributed by atoms with Crippen LogP contribution in [0.1, 0.15) is 29.2 Å². The molecule has 35 heavy (non-hydrogen) atoms. The molecule has 186 valence electrons. The van der Waals surface area contributed by atoms with Crippen molar-refractivity contribution in [2.75, 3.05) is 63.0 Å². The second-order valence-corrected chi connectivity index (χ2v) is 9.04. The third-order valence-corrected chi connectivity index (χ3v) is 6.91. The van der Waals surface area contributed by atoms with Gasteiger partial charge >= 0.3 is 6.18 Å². The van der Waals surface area contributed by atoms with Crippen LogP contribution >= 0.6 is 0 Å². The Balaban J connectivity index is 1.38. The van der Waals surface area contributed by atoms with Gasteiger partial charge in [0, 0.05) is 50.6 Å². The number of aromatic nitrogens is 2. The van der Waals surface area contributed by atoms with Crippen LogP contribution in [0.2, 0.25) is 0 Å². The molecule has 1 atom stereocenters. The lowest BCUT2D eigenvalue weighted by Gasteiger charge is -2.43. The molecule has 11 heteroatoms. The Morgan fingerprint density at radius 3 is 2.43 bits per heavy atom. The Morgan fingerprint density at radius 2 is 1.80 bits per heavy atom. The molecule has 0 aliphatic carbocycles. The summed E-state index contributed by atoms with van der Waals surface area (Å²) in [5, 5.41) is 0. The number of hydrogen-bond donors (Lipinski definition) is 1. The van der Waals surface area contributed by atoms with Crippen molar-refractivity contribution < 1.29 is 17.6 Å². The third kappa shape index (κ3) is 4.87. The van der Waals surface area contributed by atoms with E-state index in [0.29, 0.717) is 50.6 Å². The van der Waals surface area contributed by atoms with Crippen molar-refractivity contribution in [2.24, 2.45) is 4.99 Å². The Kier molecular flexibility index (Phi) is 6.45. The summed E-state index contributed by atoms with van der Waals surface area (Å²) < 4.78 is 54.2. The Hall–Kier alpha value is -3.05. The van der Waals surface area contributed by atoms with Crippen molar-refractivity contribution in [1.29, 1.82) is 0 Å². The van der Waals surface area contributed by atoms with Crippen molar-refractivity contribution in [1.82, 2.24) is 19.8 Å². The highest BCUT2D eigenvalue weighted by atomic mass is 19.4. The maximum Gasteiger partial charge on any atom is 0.419 e. The molecule has 2 N–H and O–H groups in total. The Labute approximate surface area is 201 Å². The maximum atomic E-state index is 14.0. The van der Waals surface area contributed by atoms with Crippen LogP contribution in [0.4, 0.5) is 29.2 Å². The SMILES string of the molecule is Nc1ncnc(N2CCN(C(CN3CCC3)c3ccc(F)c(C(F)(F)F)c3)CC2)c1C1=CCN=C1. The highest BCUT2D eigenvalue weighted by Crippen LogP contribution is 2.36. The minimum absolute atomic E-state index is 0.265. The van der Waals surface area contributed by atoms with E-state index < -0.39 is 17.6 Å². The molecule has 3 aliphatic heterocycles. The second kappa shape index (κ2) is 9.54. The van der Waals surface area contributed by atoms with Gasteiger partial charge in [0.15, 0.2) is 0 Å². The third-order valence-electron chi connectivity index (χ3n) is 6.91. The number of alkyl halides is 3. The minimum Gasteiger partial charge on any atom is -0.383 e. The second-order valence-electron chi connectivity index (χ2n) is 9.04. The van der Waals surface area contributed by atoms with Gasteiger partial charge in [-0.2, -0.15) is 13.2 Å². The van der Waals surface area contributed by atoms with Gasteiger partial charge in [-0.15, -0.1) is 0 Å². The van der Waals surface area contributed by atoms with Crippen LogP contribution in [-0.2, 0) is 6.18 Å². The number of nitrogen functional groups attached to an aromatic ring is 1. The van der Waals surface area contributed by atoms with E-state index in [1.54, 1.807) is 6.21 Å². The fraction of sp³-hybridized carbons (Fsp3) is 0.458. The molecule has 0 radical (unpaired) electrons. The molecule has 1 aromatic heterocycles. The van der Waals surface area contributed by atoms with Crippen LogP contribution in [-0.4, -0.2) is 78.3 Å². The standard InChI is InChI=1S/C24H27F4N7/c25-19-3-2-16(12-18(19)24(26,27)28)20(14-33-6-1-7-33)34-8-10-35(11-9-34)23-21(17-4-5-30-13-17)22(29)31-15-32-23/h2-4,12-13,15,20H,1,5-11,14H2,(H2,29,31,32). The highest BCUT2D eigenvalue weighted by molar-refractivity contribution is 6.14. The van der Waals surface area contributed by atoms with Gasteiger partial charge in [-0.25, -0.2) is 14.4 Å². The molecular formula is C24H27F4N7. The summed E-state index contributed by atoms with van der Waals surface area (Å²) in [6.07, 6.45) is 1.53. The van der Waals surface area contributed by atoms with E-state index in [2.05, 4.69) is 29.7 Å². The summed E-state index contributed by atoms with van der Waals surface area (Å²) >= 11 is 0. The van der Waals surface area contributed by atoms with Gasteiger partial charge in [0.2, 0.25) is 0 Å². The van der Waals surface area contributed by atoms with Gasteiger partial charge in [-0.1, -0.05) is 12.1 Å². The molecule has 0 saturated carbocycles. The van der Waals surface area contributed by atoms with E-state index in [-0.39, 0.29) is 6.04 Å². The monoisotopic (exact) mass is 489 g/mol. The van der Waals surface area contributed by atoms with E-state index in [9.17, 15) is 17.6 Å². The molecular weight excluding hydrogens is 462 g/mol. The first kappa shape index (κ1) is 23.7. The van der Waals surface area contributed by atoms with E-state index in [1.165, 1.54) is 12.4 Å². The lowest BCUT2D eigenvalue weighted by molar-refractivity contribution is -0.140. The summed E-state index contributed by atoms with van der Waals surface area (Å²) in [5.41, 5.74) is 7.10. The van der Waals surface area contributed by atoms with Gasteiger partial charge in [0.05, 0.1) is 17.7 Å². The number of rotatable bonds is 6. The van der Waals surface area contributed by atoms with Gasteiger partial charge in [0.25, 0.3) is 0 Å². The molecule has 0 bridgehead atoms. The van der Waals surface area contributed by atoms with Crippen molar-refractivity contribution in [3.63, 3.8) is 0 Å². The molecule has 2 saturated heterocycles. The first-order valence-electron chi connectivity index (χ1n) is 11.7. The number of likely N-dealkylation sites (tertiary alicyclic amines) is 1. The number of piperazine rings is 1. The average Bonchev–Trinajstić information content (AvgIpc) is 3.33. The van der Waals surface area contributed by atoms with Crippen LogP contribution in [0.5, 0.6) is 0 Å². The lowest BCUT2D eigenvalue weighted by Crippen LogP contribution is -2.51. The van der Waals surface area contributed by atoms with Crippen LogP contribution in [0.15, 0.2) is 35.6 Å². The van der Waals surface area contributed by atoms with E-state index in [1.807, 2.05) is 6.08 Å². The molecule has 1 unspecified atom stereocenters. The van der Waals surface area contributed by atoms with Gasteiger partial charge in [-0.05, 0) is 37.2 Å². The van der Waals surface area contributed by atoms with Crippen LogP contribution in [0.3, 0.4) is 0 Å². The minimum atomic E-state index is -4.73. The largest absolute Gasteiger partial charge is 0.419 e. The summed E-state index contributed by atoms with van der Waals surface area (Å²) in [5.74, 6) is -0.122. The van der Waals surface area contributed by atoms with Crippen molar-refractivity contribution in [2.45, 2.75) is 18.6 Å². The smallest absolute Gasteiger partial charge is 0.383 e. The molecule has 2 aromatic rings. The molecule has 5 rings (SSSR count). The van der Waals surface area contributed by atoms with Crippen LogP contribution in [0, 0.1) is 5.82 Å². The average molecular weight is 490 g/mol. The maximum absolute atomic E-state index is 14.0. The fourth-order valence-electron chi connectivity index (χ4n) is 4.88. The summed E-state index contributed by atoms with van der Waals surface area (Å²) in [7, 11) is 0. The fourth-order valence-corrected chi connectivity index (χ4v) is 4.88. The number of nitrogens with two attached hydrogens (primary N) is 1. The number of allylic oxidation sites excluding steroid dienone is 1. The predicted octanol–water partition coefficient (Wildman–Crippen LogP) is 3.25. The van der Waals surface area contributed by atoms with Gasteiger partial charge in [0.1, 0.15) is 23.8 Å². The van der Waals surface area contributed by atoms with Gasteiger partial charge < -0.3 is 15.5 Å². The number of anilines is 2. The molecule has 2 fully saturated rings. The lowest BCUT2D eigenvalue weighted by atomic mass is 9.99. The quantitative estimate of drug-likeness (QED) is 0.628. The number of nitrogens with zero attached hydrogens (tertiary/aromatic N) is 6. The first-order valence-corrected chi connectivity index (χ1v) is 11.7. The van der Waals surface area contributed by atoms with Crippen molar-refractivity contribution >= 4 is 23.4 Å². The molecule has 7 nitrogen and oxygen atoms in total. The number of aliphatic imine (C=N–C) groups is 1. The summed E-state index contributed by atoms with van der Waals surface area (Å²) in [6.45, 7) is 5.52. The van der Waals surface area contributed by atoms with Crippen LogP contribution in [0.25, 0.3) is 5.57 Å². The normalized spacial score (nSPS) is 20.1. The number of hydrogen-bond acceptors (Lipinski definition) is 7. The predicted molar refractivity (Wildman–Crippen MR) is 127 cm³/mol. The zero-order valence-electron chi connectivity index (χ0n) is 19.2. The Morgan fingerprint density at radius 1 is 1.03 bits per heavy atom. The Bertz CT molecular complexity index is 1140. The number of halogens is 4. The number of benzene rings is 1. The molecule has 3 aliphatic rings. The van der Waals surface area contributed by atoms with Crippen molar-refractivity contribution in [3.05, 3.63) is 53.1 Å². The zero-order chi connectivity index (χ0) is 24.6. The summed E-state index contributed by atoms with van der Waals surface area (Å²) in [6, 6.07) is 3.13. The van der Waals surface area contributed by atoms with Gasteiger partial charge in [-0.3, -0.25) is 9.89 Å². The van der Waals surface area contributed by atoms with E-state index in [4.69, 9.17) is 5.73 Å². The molecule has 1 aromatic carbocycles. The summed E-state index contributed by atoms with van der Waals surface area (Å²) in [4.78, 5) is 19.4. The highest BCUT2D eigenvalue weighted by Gasteiger charge is 2.36.